The highest BCUT2D eigenvalue weighted by atomic mass is 16.1. The predicted octanol–water partition coefficient (Wildman–Crippen LogP) is 1.57. The highest BCUT2D eigenvalue weighted by Gasteiger charge is 2.14. The molecule has 4 nitrogen and oxygen atoms in total. The van der Waals surface area contributed by atoms with Crippen LogP contribution in [0.15, 0.2) is 24.4 Å². The normalized spacial score (nSPS) is 11.1. The van der Waals surface area contributed by atoms with Crippen molar-refractivity contribution in [3.8, 4) is 0 Å². The maximum atomic E-state index is 11.8. The van der Waals surface area contributed by atoms with Gasteiger partial charge in [-0.2, -0.15) is 0 Å². The molecule has 0 spiro atoms. The Bertz CT molecular complexity index is 473. The van der Waals surface area contributed by atoms with E-state index in [2.05, 4.69) is 10.3 Å². The van der Waals surface area contributed by atoms with Gasteiger partial charge in [-0.3, -0.25) is 4.79 Å². The topological polar surface area (TPSA) is 47.3 Å². The molecule has 0 aliphatic heterocycles. The molecule has 0 unspecified atom stereocenters. The summed E-state index contributed by atoms with van der Waals surface area (Å²) < 4.78 is 1.57. The average Bonchev–Trinajstić information content (AvgIpc) is 2.63. The van der Waals surface area contributed by atoms with Crippen molar-refractivity contribution in [3.63, 3.8) is 0 Å². The van der Waals surface area contributed by atoms with Gasteiger partial charge in [0.1, 0.15) is 5.69 Å². The number of pyridine rings is 1. The second-order valence-electron chi connectivity index (χ2n) is 3.50. The number of carbonyl (C=O) groups is 1. The van der Waals surface area contributed by atoms with Gasteiger partial charge in [-0.05, 0) is 12.1 Å². The summed E-state index contributed by atoms with van der Waals surface area (Å²) in [6.45, 7) is 3.75. The summed E-state index contributed by atoms with van der Waals surface area (Å²) in [5.41, 5.74) is 1.44. The first-order valence-corrected chi connectivity index (χ1v) is 4.54. The molecule has 0 saturated carbocycles. The summed E-state index contributed by atoms with van der Waals surface area (Å²) in [5.74, 6) is 0.0610. The van der Waals surface area contributed by atoms with Gasteiger partial charge in [0.15, 0.2) is 5.78 Å². The van der Waals surface area contributed by atoms with Crippen LogP contribution in [0.4, 0.5) is 0 Å². The molecule has 4 heteroatoms. The predicted molar refractivity (Wildman–Crippen MR) is 52.2 cm³/mol. The van der Waals surface area contributed by atoms with E-state index >= 15 is 0 Å². The van der Waals surface area contributed by atoms with Crippen molar-refractivity contribution >= 4 is 11.3 Å². The van der Waals surface area contributed by atoms with E-state index in [0.717, 1.165) is 5.52 Å². The van der Waals surface area contributed by atoms with Crippen molar-refractivity contribution < 1.29 is 4.79 Å². The monoisotopic (exact) mass is 189 g/mol. The quantitative estimate of drug-likeness (QED) is 0.673. The minimum Gasteiger partial charge on any atom is -0.292 e. The van der Waals surface area contributed by atoms with Crippen LogP contribution in [0.1, 0.15) is 24.3 Å². The van der Waals surface area contributed by atoms with E-state index in [1.165, 1.54) is 0 Å². The molecule has 72 valence electrons. The number of hydrogen-bond donors (Lipinski definition) is 0. The number of carbonyl (C=O) groups excluding carboxylic acids is 1. The molecule has 2 aromatic rings. The van der Waals surface area contributed by atoms with E-state index in [1.54, 1.807) is 16.8 Å². The van der Waals surface area contributed by atoms with E-state index in [4.69, 9.17) is 0 Å². The van der Waals surface area contributed by atoms with Crippen molar-refractivity contribution in [2.75, 3.05) is 0 Å². The van der Waals surface area contributed by atoms with Crippen LogP contribution in [-0.4, -0.2) is 20.6 Å². The van der Waals surface area contributed by atoms with Gasteiger partial charge in [0.25, 0.3) is 0 Å². The third kappa shape index (κ3) is 1.28. The Balaban J connectivity index is 2.62. The molecule has 0 atom stereocenters. The van der Waals surface area contributed by atoms with Crippen molar-refractivity contribution in [2.24, 2.45) is 5.92 Å². The van der Waals surface area contributed by atoms with E-state index in [0.29, 0.717) is 5.69 Å². The molecule has 0 bridgehead atoms. The second-order valence-corrected chi connectivity index (χ2v) is 3.50. The lowest BCUT2D eigenvalue weighted by Gasteiger charge is -2.04. The fourth-order valence-corrected chi connectivity index (χ4v) is 1.33. The van der Waals surface area contributed by atoms with Crippen LogP contribution in [0.25, 0.3) is 5.52 Å². The number of ketones is 1. The van der Waals surface area contributed by atoms with Crippen LogP contribution in [0.5, 0.6) is 0 Å². The van der Waals surface area contributed by atoms with Crippen LogP contribution in [0.3, 0.4) is 0 Å². The van der Waals surface area contributed by atoms with Gasteiger partial charge >= 0.3 is 0 Å². The average molecular weight is 189 g/mol. The molecule has 2 heterocycles. The molecule has 2 aromatic heterocycles. The summed E-state index contributed by atoms with van der Waals surface area (Å²) in [4.78, 5) is 11.8. The Morgan fingerprint density at radius 3 is 2.93 bits per heavy atom. The van der Waals surface area contributed by atoms with Gasteiger partial charge in [0.05, 0.1) is 11.7 Å². The Hall–Kier alpha value is -1.71. The van der Waals surface area contributed by atoms with Gasteiger partial charge in [0.2, 0.25) is 0 Å². The number of nitrogens with zero attached hydrogens (tertiary/aromatic N) is 3. The molecule has 0 amide bonds. The summed E-state index contributed by atoms with van der Waals surface area (Å²) >= 11 is 0. The van der Waals surface area contributed by atoms with Crippen LogP contribution in [0, 0.1) is 5.92 Å². The number of fused-ring (bicyclic) bond motifs is 1. The first kappa shape index (κ1) is 8.87. The lowest BCUT2D eigenvalue weighted by molar-refractivity contribution is 0.0931. The fourth-order valence-electron chi connectivity index (χ4n) is 1.33. The van der Waals surface area contributed by atoms with E-state index in [-0.39, 0.29) is 11.7 Å². The van der Waals surface area contributed by atoms with Gasteiger partial charge < -0.3 is 0 Å². The Kier molecular flexibility index (Phi) is 2.04. The number of aromatic nitrogens is 3. The zero-order valence-corrected chi connectivity index (χ0v) is 8.14. The van der Waals surface area contributed by atoms with Crippen LogP contribution in [-0.2, 0) is 0 Å². The van der Waals surface area contributed by atoms with Crippen LogP contribution < -0.4 is 0 Å². The number of hydrogen-bond acceptors (Lipinski definition) is 3. The fraction of sp³-hybridized carbons (Fsp3) is 0.300. The molecular weight excluding hydrogens is 178 g/mol. The van der Waals surface area contributed by atoms with Gasteiger partial charge in [-0.25, -0.2) is 4.52 Å². The minimum absolute atomic E-state index is 0.0233. The highest BCUT2D eigenvalue weighted by molar-refractivity contribution is 5.96. The van der Waals surface area contributed by atoms with E-state index in [1.807, 2.05) is 26.0 Å². The molecular formula is C10H11N3O. The maximum Gasteiger partial charge on any atom is 0.183 e. The number of rotatable bonds is 2. The Morgan fingerprint density at radius 1 is 1.43 bits per heavy atom. The number of Topliss-reactive ketones (excluding diaryl/α,β-unsaturated/α-hetero) is 1. The standard InChI is InChI=1S/C10H11N3O/c1-7(2)10(14)9-5-3-4-8-6-11-12-13(8)9/h3-7H,1-2H3. The highest BCUT2D eigenvalue weighted by Crippen LogP contribution is 2.10. The summed E-state index contributed by atoms with van der Waals surface area (Å²) in [6.07, 6.45) is 1.64. The molecule has 14 heavy (non-hydrogen) atoms. The van der Waals surface area contributed by atoms with Gasteiger partial charge in [-0.15, -0.1) is 5.10 Å². The molecule has 2 rings (SSSR count). The largest absolute Gasteiger partial charge is 0.292 e. The minimum atomic E-state index is -0.0233. The third-order valence-electron chi connectivity index (χ3n) is 2.10. The molecule has 0 radical (unpaired) electrons. The molecule has 0 fully saturated rings. The summed E-state index contributed by atoms with van der Waals surface area (Å²) in [7, 11) is 0. The smallest absolute Gasteiger partial charge is 0.183 e. The molecule has 0 aromatic carbocycles. The van der Waals surface area contributed by atoms with E-state index < -0.39 is 0 Å². The van der Waals surface area contributed by atoms with Crippen LogP contribution in [0.2, 0.25) is 0 Å². The maximum absolute atomic E-state index is 11.8. The molecule has 0 saturated heterocycles. The first-order valence-electron chi connectivity index (χ1n) is 4.54. The van der Waals surface area contributed by atoms with Gasteiger partial charge in [0, 0.05) is 5.92 Å². The van der Waals surface area contributed by atoms with Crippen molar-refractivity contribution in [3.05, 3.63) is 30.1 Å². The molecule has 0 aliphatic rings. The zero-order valence-electron chi connectivity index (χ0n) is 8.14. The summed E-state index contributed by atoms with van der Waals surface area (Å²) in [6, 6.07) is 5.48. The zero-order chi connectivity index (χ0) is 10.1. The van der Waals surface area contributed by atoms with Crippen molar-refractivity contribution in [1.29, 1.82) is 0 Å². The molecule has 0 N–H and O–H groups in total. The van der Waals surface area contributed by atoms with Crippen molar-refractivity contribution in [1.82, 2.24) is 14.8 Å². The van der Waals surface area contributed by atoms with Gasteiger partial charge in [-0.1, -0.05) is 25.1 Å². The van der Waals surface area contributed by atoms with Crippen LogP contribution >= 0.6 is 0 Å². The Morgan fingerprint density at radius 2 is 2.21 bits per heavy atom. The SMILES string of the molecule is CC(C)C(=O)c1cccc2cnnn12. The lowest BCUT2D eigenvalue weighted by atomic mass is 10.1. The first-order chi connectivity index (χ1) is 6.70. The lowest BCUT2D eigenvalue weighted by Crippen LogP contribution is -2.12. The molecule has 0 aliphatic carbocycles. The van der Waals surface area contributed by atoms with E-state index in [9.17, 15) is 4.79 Å². The second kappa shape index (κ2) is 3.21. The third-order valence-corrected chi connectivity index (χ3v) is 2.10. The van der Waals surface area contributed by atoms with Crippen molar-refractivity contribution in [2.45, 2.75) is 13.8 Å². The summed E-state index contributed by atoms with van der Waals surface area (Å²) in [5, 5.41) is 7.63. The Labute approximate surface area is 81.5 Å².